The van der Waals surface area contributed by atoms with Gasteiger partial charge in [-0.2, -0.15) is 0 Å². The maximum absolute atomic E-state index is 4.57. The van der Waals surface area contributed by atoms with Crippen molar-refractivity contribution in [2.24, 2.45) is 27.7 Å². The van der Waals surface area contributed by atoms with Crippen molar-refractivity contribution in [1.82, 2.24) is 5.32 Å². The zero-order chi connectivity index (χ0) is 12.0. The van der Waals surface area contributed by atoms with E-state index < -0.39 is 0 Å². The number of aliphatic imine (C=N–C) groups is 1. The van der Waals surface area contributed by atoms with E-state index in [0.717, 1.165) is 30.1 Å². The standard InChI is InChI=1S/C13H24N2S/c1-9-6-14-11(16-8-9)15-7-10-12(2,3)13(10,4)5/h9-10H,6-8H2,1-5H3,(H,14,15). The van der Waals surface area contributed by atoms with E-state index >= 15 is 0 Å². The van der Waals surface area contributed by atoms with Gasteiger partial charge < -0.3 is 5.32 Å². The highest BCUT2D eigenvalue weighted by Crippen LogP contribution is 2.67. The number of rotatable bonds is 2. The summed E-state index contributed by atoms with van der Waals surface area (Å²) in [6, 6.07) is 0. The maximum atomic E-state index is 4.57. The molecule has 0 amide bonds. The quantitative estimate of drug-likeness (QED) is 0.802. The predicted octanol–water partition coefficient (Wildman–Crippen LogP) is 3.00. The average Bonchev–Trinajstić information content (AvgIpc) is 2.58. The molecule has 0 aromatic carbocycles. The summed E-state index contributed by atoms with van der Waals surface area (Å²) in [4.78, 5) is 4.57. The summed E-state index contributed by atoms with van der Waals surface area (Å²) in [6.45, 7) is 13.8. The van der Waals surface area contributed by atoms with Crippen LogP contribution in [0.1, 0.15) is 34.6 Å². The van der Waals surface area contributed by atoms with Gasteiger partial charge in [-0.1, -0.05) is 46.4 Å². The van der Waals surface area contributed by atoms with Gasteiger partial charge in [0.2, 0.25) is 0 Å². The molecule has 0 bridgehead atoms. The first-order valence-electron chi connectivity index (χ1n) is 6.27. The molecule has 1 unspecified atom stereocenters. The molecule has 2 aliphatic rings. The Hall–Kier alpha value is -0.180. The SMILES string of the molecule is CC1CN=C(NCC2C(C)(C)C2(C)C)SC1. The molecular formula is C13H24N2S. The van der Waals surface area contributed by atoms with E-state index in [2.05, 4.69) is 44.9 Å². The Morgan fingerprint density at radius 2 is 1.94 bits per heavy atom. The zero-order valence-corrected chi connectivity index (χ0v) is 11.9. The number of amidine groups is 1. The maximum Gasteiger partial charge on any atom is 0.156 e. The Balaban J connectivity index is 1.82. The molecule has 0 spiro atoms. The lowest BCUT2D eigenvalue weighted by Gasteiger charge is -2.18. The predicted molar refractivity (Wildman–Crippen MR) is 73.0 cm³/mol. The van der Waals surface area contributed by atoms with Crippen LogP contribution < -0.4 is 5.32 Å². The van der Waals surface area contributed by atoms with Gasteiger partial charge in [0.25, 0.3) is 0 Å². The van der Waals surface area contributed by atoms with E-state index in [4.69, 9.17) is 0 Å². The lowest BCUT2D eigenvalue weighted by atomic mass is 10.0. The summed E-state index contributed by atoms with van der Waals surface area (Å²) in [6.07, 6.45) is 0. The van der Waals surface area contributed by atoms with Crippen LogP contribution in [0.3, 0.4) is 0 Å². The molecule has 16 heavy (non-hydrogen) atoms. The molecule has 1 N–H and O–H groups in total. The Kier molecular flexibility index (Phi) is 3.02. The summed E-state index contributed by atoms with van der Waals surface area (Å²) >= 11 is 1.88. The zero-order valence-electron chi connectivity index (χ0n) is 11.1. The minimum absolute atomic E-state index is 0.479. The second kappa shape index (κ2) is 3.94. The van der Waals surface area contributed by atoms with Crippen molar-refractivity contribution in [2.75, 3.05) is 18.8 Å². The monoisotopic (exact) mass is 240 g/mol. The van der Waals surface area contributed by atoms with Crippen LogP contribution in [0, 0.1) is 22.7 Å². The molecule has 0 saturated heterocycles. The van der Waals surface area contributed by atoms with Gasteiger partial charge in [-0.05, 0) is 22.7 Å². The molecular weight excluding hydrogens is 216 g/mol. The first-order valence-corrected chi connectivity index (χ1v) is 7.25. The normalized spacial score (nSPS) is 32.1. The van der Waals surface area contributed by atoms with Crippen LogP contribution >= 0.6 is 11.8 Å². The van der Waals surface area contributed by atoms with E-state index in [0.29, 0.717) is 10.8 Å². The Labute approximate surface area is 104 Å². The minimum Gasteiger partial charge on any atom is -0.365 e. The van der Waals surface area contributed by atoms with Crippen LogP contribution in [-0.4, -0.2) is 24.0 Å². The van der Waals surface area contributed by atoms with Crippen LogP contribution in [0.2, 0.25) is 0 Å². The molecule has 1 aliphatic heterocycles. The lowest BCUT2D eigenvalue weighted by molar-refractivity contribution is 0.457. The van der Waals surface area contributed by atoms with E-state index in [-0.39, 0.29) is 0 Å². The molecule has 2 nitrogen and oxygen atoms in total. The molecule has 3 heteroatoms. The molecule has 1 fully saturated rings. The second-order valence-electron chi connectivity index (χ2n) is 6.44. The number of hydrogen-bond acceptors (Lipinski definition) is 3. The lowest BCUT2D eigenvalue weighted by Crippen LogP contribution is -2.28. The summed E-state index contributed by atoms with van der Waals surface area (Å²) < 4.78 is 0. The third-order valence-corrected chi connectivity index (χ3v) is 6.11. The second-order valence-corrected chi connectivity index (χ2v) is 7.45. The van der Waals surface area contributed by atoms with Crippen LogP contribution in [-0.2, 0) is 0 Å². The van der Waals surface area contributed by atoms with Crippen molar-refractivity contribution in [1.29, 1.82) is 0 Å². The largest absolute Gasteiger partial charge is 0.365 e. The first-order chi connectivity index (χ1) is 7.35. The van der Waals surface area contributed by atoms with Crippen LogP contribution in [0.25, 0.3) is 0 Å². The van der Waals surface area contributed by atoms with Gasteiger partial charge in [-0.3, -0.25) is 4.99 Å². The van der Waals surface area contributed by atoms with Crippen molar-refractivity contribution >= 4 is 16.9 Å². The summed E-state index contributed by atoms with van der Waals surface area (Å²) in [5.41, 5.74) is 0.959. The molecule has 1 atom stereocenters. The third-order valence-electron chi connectivity index (χ3n) is 4.83. The molecule has 0 radical (unpaired) electrons. The first kappa shape index (κ1) is 12.3. The molecule has 92 valence electrons. The third kappa shape index (κ3) is 1.99. The van der Waals surface area contributed by atoms with Crippen LogP contribution in [0.15, 0.2) is 4.99 Å². The molecule has 1 heterocycles. The smallest absolute Gasteiger partial charge is 0.156 e. The number of nitrogens with zero attached hydrogens (tertiary/aromatic N) is 1. The number of thioether (sulfide) groups is 1. The Morgan fingerprint density at radius 3 is 2.38 bits per heavy atom. The summed E-state index contributed by atoms with van der Waals surface area (Å²) in [7, 11) is 0. The highest BCUT2D eigenvalue weighted by molar-refractivity contribution is 8.13. The number of hydrogen-bond donors (Lipinski definition) is 1. The van der Waals surface area contributed by atoms with Crippen molar-refractivity contribution in [2.45, 2.75) is 34.6 Å². The van der Waals surface area contributed by atoms with Gasteiger partial charge in [0.05, 0.1) is 0 Å². The van der Waals surface area contributed by atoms with Crippen molar-refractivity contribution in [3.63, 3.8) is 0 Å². The summed E-state index contributed by atoms with van der Waals surface area (Å²) in [5.74, 6) is 2.73. The average molecular weight is 240 g/mol. The molecule has 0 aromatic rings. The molecule has 1 aliphatic carbocycles. The van der Waals surface area contributed by atoms with Crippen LogP contribution in [0.5, 0.6) is 0 Å². The van der Waals surface area contributed by atoms with E-state index in [9.17, 15) is 0 Å². The van der Waals surface area contributed by atoms with E-state index in [1.165, 1.54) is 5.75 Å². The van der Waals surface area contributed by atoms with E-state index in [1.807, 2.05) is 11.8 Å². The fourth-order valence-electron chi connectivity index (χ4n) is 2.70. The van der Waals surface area contributed by atoms with E-state index in [1.54, 1.807) is 0 Å². The van der Waals surface area contributed by atoms with Crippen molar-refractivity contribution in [3.05, 3.63) is 0 Å². The fraction of sp³-hybridized carbons (Fsp3) is 0.923. The topological polar surface area (TPSA) is 24.4 Å². The molecule has 2 rings (SSSR count). The van der Waals surface area contributed by atoms with Gasteiger partial charge in [0.1, 0.15) is 0 Å². The van der Waals surface area contributed by atoms with Gasteiger partial charge in [0.15, 0.2) is 5.17 Å². The van der Waals surface area contributed by atoms with Gasteiger partial charge >= 0.3 is 0 Å². The highest BCUT2D eigenvalue weighted by Gasteiger charge is 2.64. The Morgan fingerprint density at radius 1 is 1.31 bits per heavy atom. The molecule has 0 aromatic heterocycles. The van der Waals surface area contributed by atoms with Gasteiger partial charge in [-0.25, -0.2) is 0 Å². The fourth-order valence-corrected chi connectivity index (χ4v) is 3.60. The van der Waals surface area contributed by atoms with Gasteiger partial charge in [-0.15, -0.1) is 0 Å². The Bertz CT molecular complexity index is 293. The number of nitrogens with one attached hydrogen (secondary N) is 1. The molecule has 1 saturated carbocycles. The minimum atomic E-state index is 0.479. The van der Waals surface area contributed by atoms with Crippen molar-refractivity contribution in [3.8, 4) is 0 Å². The van der Waals surface area contributed by atoms with Gasteiger partial charge in [0, 0.05) is 18.8 Å². The highest BCUT2D eigenvalue weighted by atomic mass is 32.2. The van der Waals surface area contributed by atoms with Crippen molar-refractivity contribution < 1.29 is 0 Å². The van der Waals surface area contributed by atoms with Crippen LogP contribution in [0.4, 0.5) is 0 Å². The summed E-state index contributed by atoms with van der Waals surface area (Å²) in [5, 5.41) is 4.69.